The van der Waals surface area contributed by atoms with Gasteiger partial charge >= 0.3 is 0 Å². The zero-order valence-corrected chi connectivity index (χ0v) is 13.1. The molecule has 1 heteroatoms. The van der Waals surface area contributed by atoms with Gasteiger partial charge in [0.2, 0.25) is 0 Å². The van der Waals surface area contributed by atoms with Gasteiger partial charge in [-0.15, -0.1) is 0 Å². The van der Waals surface area contributed by atoms with Crippen LogP contribution in [0.5, 0.6) is 0 Å². The fourth-order valence-corrected chi connectivity index (χ4v) is 2.69. The average molecular weight is 305 g/mol. The van der Waals surface area contributed by atoms with Crippen molar-refractivity contribution in [3.05, 3.63) is 102 Å². The number of hydrogen-bond acceptors (Lipinski definition) is 1. The fraction of sp³-hybridized carbons (Fsp3) is 0. The van der Waals surface area contributed by atoms with Crippen LogP contribution in [0.2, 0.25) is 0 Å². The molecule has 0 bridgehead atoms. The van der Waals surface area contributed by atoms with E-state index in [4.69, 9.17) is 4.98 Å². The third kappa shape index (κ3) is 2.91. The highest BCUT2D eigenvalue weighted by molar-refractivity contribution is 5.85. The summed E-state index contributed by atoms with van der Waals surface area (Å²) in [5.74, 6) is 6.55. The summed E-state index contributed by atoms with van der Waals surface area (Å²) < 4.78 is 0. The summed E-state index contributed by atoms with van der Waals surface area (Å²) in [5, 5.41) is 1.11. The van der Waals surface area contributed by atoms with E-state index in [0.717, 1.165) is 33.3 Å². The smallest absolute Gasteiger partial charge is 0.0866 e. The number of para-hydroxylation sites is 1. The van der Waals surface area contributed by atoms with E-state index in [1.165, 1.54) is 0 Å². The van der Waals surface area contributed by atoms with Gasteiger partial charge in [0.1, 0.15) is 0 Å². The summed E-state index contributed by atoms with van der Waals surface area (Å²) >= 11 is 0. The molecule has 0 atom stereocenters. The lowest BCUT2D eigenvalue weighted by Gasteiger charge is -2.07. The van der Waals surface area contributed by atoms with Crippen molar-refractivity contribution in [2.24, 2.45) is 0 Å². The molecule has 1 heterocycles. The quantitative estimate of drug-likeness (QED) is 0.435. The molecular weight excluding hydrogens is 290 g/mol. The molecule has 0 N–H and O–H groups in total. The number of rotatable bonds is 1. The van der Waals surface area contributed by atoms with E-state index in [1.807, 2.05) is 66.7 Å². The topological polar surface area (TPSA) is 12.9 Å². The number of pyridine rings is 1. The van der Waals surface area contributed by atoms with E-state index in [-0.39, 0.29) is 0 Å². The first-order valence-electron chi connectivity index (χ1n) is 7.92. The third-order valence-corrected chi connectivity index (χ3v) is 3.89. The van der Waals surface area contributed by atoms with Crippen molar-refractivity contribution in [1.29, 1.82) is 0 Å². The second-order valence-corrected chi connectivity index (χ2v) is 5.56. The lowest BCUT2D eigenvalue weighted by molar-refractivity contribution is 1.38. The summed E-state index contributed by atoms with van der Waals surface area (Å²) in [6, 6.07) is 30.5. The van der Waals surface area contributed by atoms with Crippen LogP contribution in [0.15, 0.2) is 91.0 Å². The van der Waals surface area contributed by atoms with Crippen LogP contribution in [-0.4, -0.2) is 4.98 Å². The van der Waals surface area contributed by atoms with E-state index in [2.05, 4.69) is 36.1 Å². The maximum Gasteiger partial charge on any atom is 0.0866 e. The van der Waals surface area contributed by atoms with Crippen molar-refractivity contribution in [1.82, 2.24) is 4.98 Å². The van der Waals surface area contributed by atoms with Gasteiger partial charge in [-0.1, -0.05) is 78.6 Å². The van der Waals surface area contributed by atoms with E-state index in [0.29, 0.717) is 0 Å². The Morgan fingerprint density at radius 1 is 0.625 bits per heavy atom. The molecule has 0 spiro atoms. The van der Waals surface area contributed by atoms with Gasteiger partial charge in [0.05, 0.1) is 16.8 Å². The summed E-state index contributed by atoms with van der Waals surface area (Å²) in [7, 11) is 0. The molecule has 0 saturated heterocycles. The monoisotopic (exact) mass is 305 g/mol. The normalized spacial score (nSPS) is 10.2. The lowest BCUT2D eigenvalue weighted by Crippen LogP contribution is -1.91. The maximum absolute atomic E-state index is 4.86. The molecular formula is C23H15N. The van der Waals surface area contributed by atoms with Crippen molar-refractivity contribution < 1.29 is 0 Å². The molecule has 4 aromatic rings. The third-order valence-electron chi connectivity index (χ3n) is 3.89. The molecule has 0 amide bonds. The van der Waals surface area contributed by atoms with Gasteiger partial charge in [-0.05, 0) is 24.3 Å². The Hall–Kier alpha value is -3.37. The molecule has 0 unspecified atom stereocenters. The number of hydrogen-bond donors (Lipinski definition) is 0. The van der Waals surface area contributed by atoms with Crippen LogP contribution < -0.4 is 0 Å². The van der Waals surface area contributed by atoms with E-state index in [9.17, 15) is 0 Å². The molecule has 3 aromatic carbocycles. The number of nitrogens with zero attached hydrogens (tertiary/aromatic N) is 1. The molecule has 0 fully saturated rings. The van der Waals surface area contributed by atoms with E-state index < -0.39 is 0 Å². The first-order valence-corrected chi connectivity index (χ1v) is 7.92. The standard InChI is InChI=1S/C23H15N/c1-3-9-18(10-4-1)15-16-21-17-20-13-7-8-14-22(20)24-23(21)19-11-5-2-6-12-19/h1-14,17H. The minimum absolute atomic E-state index is 0.928. The molecule has 0 aliphatic carbocycles. The second-order valence-electron chi connectivity index (χ2n) is 5.56. The molecule has 0 radical (unpaired) electrons. The molecule has 112 valence electrons. The Balaban J connectivity index is 1.91. The zero-order valence-electron chi connectivity index (χ0n) is 13.1. The van der Waals surface area contributed by atoms with Gasteiger partial charge in [-0.25, -0.2) is 4.98 Å². The Morgan fingerprint density at radius 3 is 2.08 bits per heavy atom. The van der Waals surface area contributed by atoms with Crippen LogP contribution in [0.25, 0.3) is 22.2 Å². The molecule has 0 saturated carbocycles. The van der Waals surface area contributed by atoms with Gasteiger partial charge in [0.25, 0.3) is 0 Å². The minimum Gasteiger partial charge on any atom is -0.246 e. The number of fused-ring (bicyclic) bond motifs is 1. The Kier molecular flexibility index (Phi) is 3.80. The van der Waals surface area contributed by atoms with Gasteiger partial charge in [0.15, 0.2) is 0 Å². The van der Waals surface area contributed by atoms with Crippen LogP contribution in [-0.2, 0) is 0 Å². The van der Waals surface area contributed by atoms with Crippen LogP contribution in [0.3, 0.4) is 0 Å². The summed E-state index contributed by atoms with van der Waals surface area (Å²) in [4.78, 5) is 4.86. The van der Waals surface area contributed by atoms with Crippen LogP contribution >= 0.6 is 0 Å². The molecule has 0 aliphatic heterocycles. The average Bonchev–Trinajstić information content (AvgIpc) is 2.67. The summed E-state index contributed by atoms with van der Waals surface area (Å²) in [5.41, 5.74) is 4.95. The Morgan fingerprint density at radius 2 is 1.29 bits per heavy atom. The summed E-state index contributed by atoms with van der Waals surface area (Å²) in [6.07, 6.45) is 0. The summed E-state index contributed by atoms with van der Waals surface area (Å²) in [6.45, 7) is 0. The van der Waals surface area contributed by atoms with E-state index >= 15 is 0 Å². The predicted octanol–water partition coefficient (Wildman–Crippen LogP) is 5.30. The second kappa shape index (κ2) is 6.40. The highest BCUT2D eigenvalue weighted by atomic mass is 14.7. The van der Waals surface area contributed by atoms with Crippen molar-refractivity contribution >= 4 is 10.9 Å². The largest absolute Gasteiger partial charge is 0.246 e. The van der Waals surface area contributed by atoms with E-state index in [1.54, 1.807) is 0 Å². The minimum atomic E-state index is 0.928. The van der Waals surface area contributed by atoms with Crippen molar-refractivity contribution in [3.63, 3.8) is 0 Å². The van der Waals surface area contributed by atoms with Crippen molar-refractivity contribution in [2.75, 3.05) is 0 Å². The van der Waals surface area contributed by atoms with Gasteiger partial charge in [-0.2, -0.15) is 0 Å². The lowest BCUT2D eigenvalue weighted by atomic mass is 10.0. The zero-order chi connectivity index (χ0) is 16.2. The number of benzene rings is 3. The number of aromatic nitrogens is 1. The highest BCUT2D eigenvalue weighted by Gasteiger charge is 2.07. The van der Waals surface area contributed by atoms with Gasteiger partial charge < -0.3 is 0 Å². The Labute approximate surface area is 141 Å². The molecule has 4 rings (SSSR count). The highest BCUT2D eigenvalue weighted by Crippen LogP contribution is 2.25. The van der Waals surface area contributed by atoms with Crippen LogP contribution in [0.1, 0.15) is 11.1 Å². The predicted molar refractivity (Wildman–Crippen MR) is 99.6 cm³/mol. The van der Waals surface area contributed by atoms with Crippen LogP contribution in [0.4, 0.5) is 0 Å². The van der Waals surface area contributed by atoms with Crippen molar-refractivity contribution in [3.8, 4) is 23.1 Å². The van der Waals surface area contributed by atoms with Crippen LogP contribution in [0, 0.1) is 11.8 Å². The van der Waals surface area contributed by atoms with Gasteiger partial charge in [0, 0.05) is 16.5 Å². The SMILES string of the molecule is C(#Cc1cc2ccccc2nc1-c1ccccc1)c1ccccc1. The molecule has 1 nitrogen and oxygen atoms in total. The molecule has 24 heavy (non-hydrogen) atoms. The molecule has 1 aromatic heterocycles. The van der Waals surface area contributed by atoms with Gasteiger partial charge in [-0.3, -0.25) is 0 Å². The molecule has 0 aliphatic rings. The Bertz CT molecular complexity index is 1040. The first-order chi connectivity index (χ1) is 11.9. The fourth-order valence-electron chi connectivity index (χ4n) is 2.69. The first kappa shape index (κ1) is 14.2. The van der Waals surface area contributed by atoms with Crippen molar-refractivity contribution in [2.45, 2.75) is 0 Å². The maximum atomic E-state index is 4.86.